The zero-order chi connectivity index (χ0) is 9.80. The zero-order valence-electron chi connectivity index (χ0n) is 8.17. The number of rotatable bonds is 3. The molecule has 0 fully saturated rings. The Labute approximate surface area is 94.7 Å². The molecule has 1 aromatic heterocycles. The van der Waals surface area contributed by atoms with E-state index in [0.717, 1.165) is 6.42 Å². The molecular formula is C11H13ClN2O. The van der Waals surface area contributed by atoms with Gasteiger partial charge in [-0.15, -0.1) is 12.4 Å². The van der Waals surface area contributed by atoms with Crippen LogP contribution in [0, 0.1) is 0 Å². The molecule has 1 atom stereocenters. The molecule has 1 aromatic carbocycles. The van der Waals surface area contributed by atoms with Crippen LogP contribution in [0.1, 0.15) is 17.5 Å². The lowest BCUT2D eigenvalue weighted by atomic mass is 10.1. The number of hydrogen-bond acceptors (Lipinski definition) is 3. The summed E-state index contributed by atoms with van der Waals surface area (Å²) < 4.78 is 5.13. The van der Waals surface area contributed by atoms with Crippen molar-refractivity contribution in [1.82, 2.24) is 4.98 Å². The van der Waals surface area contributed by atoms with Gasteiger partial charge in [0.2, 0.25) is 5.89 Å². The smallest absolute Gasteiger partial charge is 0.211 e. The van der Waals surface area contributed by atoms with E-state index in [9.17, 15) is 0 Å². The summed E-state index contributed by atoms with van der Waals surface area (Å²) in [5, 5.41) is 0. The van der Waals surface area contributed by atoms with Gasteiger partial charge < -0.3 is 10.2 Å². The highest BCUT2D eigenvalue weighted by atomic mass is 35.5. The van der Waals surface area contributed by atoms with Crippen LogP contribution < -0.4 is 5.73 Å². The molecule has 0 aliphatic carbocycles. The third-order valence-corrected chi connectivity index (χ3v) is 2.07. The molecule has 0 unspecified atom stereocenters. The Morgan fingerprint density at radius 3 is 2.60 bits per heavy atom. The summed E-state index contributed by atoms with van der Waals surface area (Å²) in [6.45, 7) is 0. The van der Waals surface area contributed by atoms with E-state index < -0.39 is 0 Å². The van der Waals surface area contributed by atoms with Crippen molar-refractivity contribution >= 4 is 12.4 Å². The largest absolute Gasteiger partial charge is 0.447 e. The fourth-order valence-corrected chi connectivity index (χ4v) is 1.37. The average molecular weight is 225 g/mol. The van der Waals surface area contributed by atoms with Gasteiger partial charge in [0, 0.05) is 0 Å². The van der Waals surface area contributed by atoms with E-state index in [4.69, 9.17) is 10.2 Å². The molecule has 0 spiro atoms. The minimum atomic E-state index is -0.160. The van der Waals surface area contributed by atoms with Gasteiger partial charge in [0.15, 0.2) is 0 Å². The van der Waals surface area contributed by atoms with Gasteiger partial charge in [-0.3, -0.25) is 0 Å². The van der Waals surface area contributed by atoms with Gasteiger partial charge in [0.1, 0.15) is 6.26 Å². The maximum absolute atomic E-state index is 5.92. The molecular weight excluding hydrogens is 212 g/mol. The normalized spacial score (nSPS) is 11.8. The molecule has 0 aliphatic rings. The van der Waals surface area contributed by atoms with Crippen molar-refractivity contribution in [2.45, 2.75) is 12.5 Å². The van der Waals surface area contributed by atoms with Crippen molar-refractivity contribution in [3.05, 3.63) is 54.2 Å². The Morgan fingerprint density at radius 1 is 1.27 bits per heavy atom. The molecule has 0 saturated heterocycles. The second-order valence-electron chi connectivity index (χ2n) is 3.17. The topological polar surface area (TPSA) is 52.0 Å². The lowest BCUT2D eigenvalue weighted by molar-refractivity contribution is 0.448. The molecule has 0 amide bonds. The first-order valence-electron chi connectivity index (χ1n) is 4.55. The number of aromatic nitrogens is 1. The second kappa shape index (κ2) is 5.53. The number of nitrogens with zero attached hydrogens (tertiary/aromatic N) is 1. The molecule has 2 aromatic rings. The Balaban J connectivity index is 0.00000112. The molecule has 0 aliphatic heterocycles. The zero-order valence-corrected chi connectivity index (χ0v) is 8.98. The van der Waals surface area contributed by atoms with E-state index in [0.29, 0.717) is 5.89 Å². The first kappa shape index (κ1) is 11.8. The van der Waals surface area contributed by atoms with Crippen LogP contribution in [0.25, 0.3) is 0 Å². The van der Waals surface area contributed by atoms with Gasteiger partial charge in [-0.2, -0.15) is 0 Å². The number of oxazole rings is 1. The van der Waals surface area contributed by atoms with Gasteiger partial charge in [-0.25, -0.2) is 4.98 Å². The summed E-state index contributed by atoms with van der Waals surface area (Å²) in [4.78, 5) is 4.02. The van der Waals surface area contributed by atoms with E-state index in [1.165, 1.54) is 5.56 Å². The molecule has 0 bridgehead atoms. The van der Waals surface area contributed by atoms with Gasteiger partial charge in [0.25, 0.3) is 0 Å². The van der Waals surface area contributed by atoms with Gasteiger partial charge in [-0.05, 0) is 12.0 Å². The van der Waals surface area contributed by atoms with Crippen molar-refractivity contribution in [3.63, 3.8) is 0 Å². The molecule has 0 saturated carbocycles. The molecule has 1 heterocycles. The summed E-state index contributed by atoms with van der Waals surface area (Å²) in [5.74, 6) is 0.592. The fourth-order valence-electron chi connectivity index (χ4n) is 1.37. The minimum absolute atomic E-state index is 0. The van der Waals surface area contributed by atoms with Crippen LogP contribution >= 0.6 is 12.4 Å². The van der Waals surface area contributed by atoms with Gasteiger partial charge in [-0.1, -0.05) is 30.3 Å². The van der Waals surface area contributed by atoms with Crippen LogP contribution in [0.3, 0.4) is 0 Å². The SMILES string of the molecule is Cl.N[C@H](Cc1ccccc1)c1ncco1. The van der Waals surface area contributed by atoms with Crippen LogP contribution in [-0.2, 0) is 6.42 Å². The van der Waals surface area contributed by atoms with Crippen LogP contribution in [0.2, 0.25) is 0 Å². The fraction of sp³-hybridized carbons (Fsp3) is 0.182. The van der Waals surface area contributed by atoms with Crippen LogP contribution in [0.15, 0.2) is 47.2 Å². The molecule has 0 radical (unpaired) electrons. The van der Waals surface area contributed by atoms with Gasteiger partial charge in [0.05, 0.1) is 12.2 Å². The molecule has 2 rings (SSSR count). The van der Waals surface area contributed by atoms with Crippen LogP contribution in [-0.4, -0.2) is 4.98 Å². The van der Waals surface area contributed by atoms with E-state index in [1.54, 1.807) is 12.5 Å². The average Bonchev–Trinajstić information content (AvgIpc) is 2.72. The number of benzene rings is 1. The summed E-state index contributed by atoms with van der Waals surface area (Å²) >= 11 is 0. The van der Waals surface area contributed by atoms with E-state index >= 15 is 0 Å². The quantitative estimate of drug-likeness (QED) is 0.871. The predicted octanol–water partition coefficient (Wildman–Crippen LogP) is 2.34. The van der Waals surface area contributed by atoms with Crippen LogP contribution in [0.4, 0.5) is 0 Å². The highest BCUT2D eigenvalue weighted by molar-refractivity contribution is 5.85. The monoisotopic (exact) mass is 224 g/mol. The third-order valence-electron chi connectivity index (χ3n) is 2.07. The number of hydrogen-bond donors (Lipinski definition) is 1. The Bertz CT molecular complexity index is 375. The highest BCUT2D eigenvalue weighted by Gasteiger charge is 2.10. The number of halogens is 1. The predicted molar refractivity (Wildman–Crippen MR) is 60.8 cm³/mol. The van der Waals surface area contributed by atoms with Crippen molar-refractivity contribution < 1.29 is 4.42 Å². The first-order chi connectivity index (χ1) is 6.86. The third kappa shape index (κ3) is 3.08. The number of nitrogens with two attached hydrogens (primary N) is 1. The molecule has 3 nitrogen and oxygen atoms in total. The maximum Gasteiger partial charge on any atom is 0.211 e. The molecule has 15 heavy (non-hydrogen) atoms. The van der Waals surface area contributed by atoms with E-state index in [-0.39, 0.29) is 18.4 Å². The Kier molecular flexibility index (Phi) is 4.34. The molecule has 2 N–H and O–H groups in total. The Morgan fingerprint density at radius 2 is 2.00 bits per heavy atom. The summed E-state index contributed by atoms with van der Waals surface area (Å²) in [6, 6.07) is 9.91. The second-order valence-corrected chi connectivity index (χ2v) is 3.17. The lowest BCUT2D eigenvalue weighted by Gasteiger charge is -2.06. The summed E-state index contributed by atoms with van der Waals surface area (Å²) in [7, 11) is 0. The lowest BCUT2D eigenvalue weighted by Crippen LogP contribution is -2.13. The standard InChI is InChI=1S/C11H12N2O.ClH/c12-10(11-13-6-7-14-11)8-9-4-2-1-3-5-9;/h1-7,10H,8,12H2;1H/t10-;/m1./s1. The minimum Gasteiger partial charge on any atom is -0.447 e. The summed E-state index contributed by atoms with van der Waals surface area (Å²) in [6.07, 6.45) is 3.90. The maximum atomic E-state index is 5.92. The highest BCUT2D eigenvalue weighted by Crippen LogP contribution is 2.13. The van der Waals surface area contributed by atoms with Crippen LogP contribution in [0.5, 0.6) is 0 Å². The van der Waals surface area contributed by atoms with Crippen molar-refractivity contribution in [1.29, 1.82) is 0 Å². The van der Waals surface area contributed by atoms with Crippen molar-refractivity contribution in [2.24, 2.45) is 5.73 Å². The van der Waals surface area contributed by atoms with E-state index in [1.807, 2.05) is 30.3 Å². The first-order valence-corrected chi connectivity index (χ1v) is 4.55. The Hall–Kier alpha value is -1.32. The summed E-state index contributed by atoms with van der Waals surface area (Å²) in [5.41, 5.74) is 7.11. The van der Waals surface area contributed by atoms with E-state index in [2.05, 4.69) is 4.98 Å². The van der Waals surface area contributed by atoms with Crippen molar-refractivity contribution in [2.75, 3.05) is 0 Å². The molecule has 80 valence electrons. The van der Waals surface area contributed by atoms with Gasteiger partial charge >= 0.3 is 0 Å². The molecule has 4 heteroatoms. The van der Waals surface area contributed by atoms with Crippen molar-refractivity contribution in [3.8, 4) is 0 Å².